The molecule has 1 unspecified atom stereocenters. The van der Waals surface area contributed by atoms with Crippen LogP contribution >= 0.6 is 0 Å². The van der Waals surface area contributed by atoms with Gasteiger partial charge in [0.15, 0.2) is 6.23 Å². The van der Waals surface area contributed by atoms with Crippen LogP contribution in [0.4, 0.5) is 0 Å². The van der Waals surface area contributed by atoms with Crippen LogP contribution in [0.15, 0.2) is 0 Å². The summed E-state index contributed by atoms with van der Waals surface area (Å²) in [4.78, 5) is 12.0. The van der Waals surface area contributed by atoms with Gasteiger partial charge in [-0.2, -0.15) is 0 Å². The molecule has 25 heavy (non-hydrogen) atoms. The van der Waals surface area contributed by atoms with Crippen LogP contribution in [0.2, 0.25) is 0 Å². The van der Waals surface area contributed by atoms with Crippen molar-refractivity contribution in [2.75, 3.05) is 32.7 Å². The molecule has 0 spiro atoms. The number of hydrogen-bond acceptors (Lipinski definition) is 6. The third-order valence-electron chi connectivity index (χ3n) is 4.14. The topological polar surface area (TPSA) is 102 Å². The quantitative estimate of drug-likeness (QED) is 0.160. The van der Waals surface area contributed by atoms with E-state index in [1.54, 1.807) is 0 Å². The monoisotopic (exact) mass is 358 g/mol. The maximum atomic E-state index is 12.0. The van der Waals surface area contributed by atoms with Crippen molar-refractivity contribution in [1.82, 2.24) is 10.6 Å². The largest absolute Gasteiger partial charge is 0.447 e. The second-order valence-corrected chi connectivity index (χ2v) is 6.63. The number of esters is 1. The Morgan fingerprint density at radius 1 is 0.880 bits per heavy atom. The normalized spacial score (nSPS) is 12.3. The van der Waals surface area contributed by atoms with Crippen molar-refractivity contribution in [2.45, 2.75) is 83.8 Å². The first-order valence-corrected chi connectivity index (χ1v) is 10.3. The molecule has 0 fully saturated rings. The number of nitrogens with two attached hydrogens (primary N) is 2. The second-order valence-electron chi connectivity index (χ2n) is 6.63. The standard InChI is InChI=1S/C19H42N4O2/c1-2-3-4-5-6-7-12-19(24)25-18(23-17-10-14-21)11-8-15-22-16-9-13-20/h18,22-23H,2-17,20-21H2,1H3. The highest BCUT2D eigenvalue weighted by atomic mass is 16.6. The molecule has 0 bridgehead atoms. The minimum atomic E-state index is -0.199. The van der Waals surface area contributed by atoms with Gasteiger partial charge in [-0.15, -0.1) is 0 Å². The number of rotatable bonds is 19. The number of ether oxygens (including phenoxy) is 1. The van der Waals surface area contributed by atoms with Crippen LogP contribution in [0.3, 0.4) is 0 Å². The fourth-order valence-corrected chi connectivity index (χ4v) is 2.60. The number of nitrogens with one attached hydrogen (secondary N) is 2. The zero-order valence-corrected chi connectivity index (χ0v) is 16.4. The summed E-state index contributed by atoms with van der Waals surface area (Å²) >= 11 is 0. The summed E-state index contributed by atoms with van der Waals surface area (Å²) in [7, 11) is 0. The summed E-state index contributed by atoms with van der Waals surface area (Å²) in [5.41, 5.74) is 11.0. The number of carbonyl (C=O) groups is 1. The predicted octanol–water partition coefficient (Wildman–Crippen LogP) is 2.26. The third-order valence-corrected chi connectivity index (χ3v) is 4.14. The minimum absolute atomic E-state index is 0.0863. The molecule has 0 rings (SSSR count). The lowest BCUT2D eigenvalue weighted by atomic mass is 10.1. The van der Waals surface area contributed by atoms with Crippen molar-refractivity contribution < 1.29 is 9.53 Å². The van der Waals surface area contributed by atoms with E-state index in [9.17, 15) is 4.79 Å². The van der Waals surface area contributed by atoms with Crippen LogP contribution in [0.1, 0.15) is 77.6 Å². The molecule has 0 heterocycles. The lowest BCUT2D eigenvalue weighted by molar-refractivity contribution is -0.151. The number of hydrogen-bond donors (Lipinski definition) is 4. The molecule has 150 valence electrons. The first-order chi connectivity index (χ1) is 12.2. The molecule has 6 heteroatoms. The van der Waals surface area contributed by atoms with E-state index >= 15 is 0 Å². The Kier molecular flexibility index (Phi) is 19.1. The first kappa shape index (κ1) is 24.3. The fraction of sp³-hybridized carbons (Fsp3) is 0.947. The predicted molar refractivity (Wildman–Crippen MR) is 105 cm³/mol. The molecule has 0 aliphatic heterocycles. The molecular formula is C19H42N4O2. The van der Waals surface area contributed by atoms with E-state index in [1.165, 1.54) is 25.7 Å². The minimum Gasteiger partial charge on any atom is -0.447 e. The van der Waals surface area contributed by atoms with E-state index in [2.05, 4.69) is 17.6 Å². The summed E-state index contributed by atoms with van der Waals surface area (Å²) in [6.45, 7) is 6.22. The van der Waals surface area contributed by atoms with Crippen LogP contribution in [-0.2, 0) is 9.53 Å². The van der Waals surface area contributed by atoms with Gasteiger partial charge in [-0.1, -0.05) is 39.0 Å². The van der Waals surface area contributed by atoms with Gasteiger partial charge in [0.2, 0.25) is 0 Å². The van der Waals surface area contributed by atoms with E-state index in [0.29, 0.717) is 19.5 Å². The van der Waals surface area contributed by atoms with Gasteiger partial charge in [0.25, 0.3) is 0 Å². The van der Waals surface area contributed by atoms with Crippen LogP contribution in [0.5, 0.6) is 0 Å². The van der Waals surface area contributed by atoms with Crippen LogP contribution in [0.25, 0.3) is 0 Å². The van der Waals surface area contributed by atoms with Gasteiger partial charge in [-0.3, -0.25) is 10.1 Å². The average Bonchev–Trinajstić information content (AvgIpc) is 2.61. The van der Waals surface area contributed by atoms with Gasteiger partial charge in [0.1, 0.15) is 0 Å². The summed E-state index contributed by atoms with van der Waals surface area (Å²) in [6, 6.07) is 0. The molecular weight excluding hydrogens is 316 g/mol. The Morgan fingerprint density at radius 3 is 2.24 bits per heavy atom. The van der Waals surface area contributed by atoms with Crippen molar-refractivity contribution in [3.63, 3.8) is 0 Å². The van der Waals surface area contributed by atoms with E-state index in [0.717, 1.165) is 58.2 Å². The van der Waals surface area contributed by atoms with Crippen LogP contribution in [0, 0.1) is 0 Å². The van der Waals surface area contributed by atoms with E-state index in [4.69, 9.17) is 16.2 Å². The Bertz CT molecular complexity index is 291. The molecule has 0 aromatic heterocycles. The number of unbranched alkanes of at least 4 members (excludes halogenated alkanes) is 5. The lowest BCUT2D eigenvalue weighted by Gasteiger charge is -2.19. The maximum absolute atomic E-state index is 12.0. The van der Waals surface area contributed by atoms with Gasteiger partial charge in [0.05, 0.1) is 0 Å². The number of carbonyl (C=O) groups excluding carboxylic acids is 1. The molecule has 0 amide bonds. The van der Waals surface area contributed by atoms with Gasteiger partial charge < -0.3 is 21.5 Å². The van der Waals surface area contributed by atoms with Crippen molar-refractivity contribution in [3.8, 4) is 0 Å². The molecule has 0 aromatic carbocycles. The van der Waals surface area contributed by atoms with E-state index in [-0.39, 0.29) is 12.2 Å². The Labute approximate surface area is 154 Å². The molecule has 1 atom stereocenters. The average molecular weight is 359 g/mol. The highest BCUT2D eigenvalue weighted by Crippen LogP contribution is 2.09. The Hall–Kier alpha value is -0.690. The second kappa shape index (κ2) is 19.6. The molecule has 0 aliphatic carbocycles. The van der Waals surface area contributed by atoms with Crippen molar-refractivity contribution in [3.05, 3.63) is 0 Å². The summed E-state index contributed by atoms with van der Waals surface area (Å²) in [5, 5.41) is 6.65. The highest BCUT2D eigenvalue weighted by molar-refractivity contribution is 5.69. The summed E-state index contributed by atoms with van der Waals surface area (Å²) in [5.74, 6) is -0.0863. The molecule has 0 saturated heterocycles. The van der Waals surface area contributed by atoms with Gasteiger partial charge >= 0.3 is 5.97 Å². The zero-order valence-electron chi connectivity index (χ0n) is 16.4. The first-order valence-electron chi connectivity index (χ1n) is 10.3. The van der Waals surface area contributed by atoms with Crippen LogP contribution < -0.4 is 22.1 Å². The molecule has 6 nitrogen and oxygen atoms in total. The molecule has 0 saturated carbocycles. The van der Waals surface area contributed by atoms with Crippen molar-refractivity contribution in [1.29, 1.82) is 0 Å². The smallest absolute Gasteiger partial charge is 0.307 e. The maximum Gasteiger partial charge on any atom is 0.307 e. The molecule has 0 aromatic rings. The lowest BCUT2D eigenvalue weighted by Crippen LogP contribution is -2.36. The van der Waals surface area contributed by atoms with E-state index in [1.807, 2.05) is 0 Å². The molecule has 6 N–H and O–H groups in total. The molecule has 0 radical (unpaired) electrons. The Morgan fingerprint density at radius 2 is 1.52 bits per heavy atom. The zero-order chi connectivity index (χ0) is 18.6. The van der Waals surface area contributed by atoms with Gasteiger partial charge in [-0.05, 0) is 64.8 Å². The van der Waals surface area contributed by atoms with Gasteiger partial charge in [-0.25, -0.2) is 0 Å². The van der Waals surface area contributed by atoms with E-state index < -0.39 is 0 Å². The van der Waals surface area contributed by atoms with Crippen molar-refractivity contribution >= 4 is 5.97 Å². The SMILES string of the molecule is CCCCCCCCC(=O)OC(CCCNCCCN)NCCCN. The molecule has 0 aliphatic rings. The summed E-state index contributed by atoms with van der Waals surface area (Å²) < 4.78 is 5.61. The third kappa shape index (κ3) is 17.9. The summed E-state index contributed by atoms with van der Waals surface area (Å²) in [6.07, 6.45) is 11.1. The van der Waals surface area contributed by atoms with Crippen molar-refractivity contribution in [2.24, 2.45) is 11.5 Å². The van der Waals surface area contributed by atoms with Crippen LogP contribution in [-0.4, -0.2) is 44.9 Å². The fourth-order valence-electron chi connectivity index (χ4n) is 2.60. The van der Waals surface area contributed by atoms with Gasteiger partial charge in [0, 0.05) is 6.42 Å². The Balaban J connectivity index is 3.88. The highest BCUT2D eigenvalue weighted by Gasteiger charge is 2.13.